The summed E-state index contributed by atoms with van der Waals surface area (Å²) in [6.45, 7) is 8.78. The molecule has 1 fully saturated rings. The highest BCUT2D eigenvalue weighted by Gasteiger charge is 2.21. The molecular weight excluding hydrogens is 312 g/mol. The Morgan fingerprint density at radius 3 is 2.64 bits per heavy atom. The Morgan fingerprint density at radius 2 is 2.00 bits per heavy atom. The fraction of sp³-hybridized carbons (Fsp3) is 0.400. The Kier molecular flexibility index (Phi) is 5.34. The number of pyridine rings is 1. The molecule has 3 rings (SSSR count). The lowest BCUT2D eigenvalue weighted by atomic mass is 10.1. The lowest BCUT2D eigenvalue weighted by molar-refractivity contribution is 0.0950. The third kappa shape index (κ3) is 4.57. The van der Waals surface area contributed by atoms with Crippen molar-refractivity contribution < 1.29 is 4.79 Å². The van der Waals surface area contributed by atoms with Crippen LogP contribution in [-0.2, 0) is 6.54 Å². The number of piperazine rings is 1. The minimum atomic E-state index is -0.0948. The molecule has 0 bridgehead atoms. The molecular formula is C20H26N4O. The second-order valence-electron chi connectivity index (χ2n) is 6.95. The van der Waals surface area contributed by atoms with Crippen molar-refractivity contribution in [2.75, 3.05) is 18.0 Å². The molecule has 0 unspecified atom stereocenters. The molecule has 1 aromatic carbocycles. The van der Waals surface area contributed by atoms with Gasteiger partial charge in [-0.25, -0.2) is 4.98 Å². The van der Waals surface area contributed by atoms with E-state index in [2.05, 4.69) is 40.4 Å². The van der Waals surface area contributed by atoms with Crippen molar-refractivity contribution in [2.45, 2.75) is 39.4 Å². The van der Waals surface area contributed by atoms with Gasteiger partial charge in [0.05, 0.1) is 5.56 Å². The second-order valence-corrected chi connectivity index (χ2v) is 6.95. The van der Waals surface area contributed by atoms with Crippen LogP contribution in [0.4, 0.5) is 5.82 Å². The van der Waals surface area contributed by atoms with Crippen molar-refractivity contribution in [1.82, 2.24) is 15.6 Å². The molecule has 1 aromatic heterocycles. The summed E-state index contributed by atoms with van der Waals surface area (Å²) in [6, 6.07) is 12.8. The van der Waals surface area contributed by atoms with Crippen LogP contribution in [0.5, 0.6) is 0 Å². The maximum Gasteiger partial charge on any atom is 0.253 e. The zero-order valence-corrected chi connectivity index (χ0v) is 15.1. The third-order valence-electron chi connectivity index (χ3n) is 4.43. The van der Waals surface area contributed by atoms with Crippen LogP contribution in [0.3, 0.4) is 0 Å². The van der Waals surface area contributed by atoms with E-state index >= 15 is 0 Å². The number of carbonyl (C=O) groups excluding carboxylic acids is 1. The van der Waals surface area contributed by atoms with Gasteiger partial charge in [-0.1, -0.05) is 29.8 Å². The number of aromatic nitrogens is 1. The minimum absolute atomic E-state index is 0.0948. The molecule has 0 radical (unpaired) electrons. The van der Waals surface area contributed by atoms with Crippen LogP contribution < -0.4 is 15.5 Å². The second kappa shape index (κ2) is 7.66. The molecule has 5 nitrogen and oxygen atoms in total. The lowest BCUT2D eigenvalue weighted by Gasteiger charge is -2.36. The van der Waals surface area contributed by atoms with E-state index < -0.39 is 0 Å². The molecule has 25 heavy (non-hydrogen) atoms. The quantitative estimate of drug-likeness (QED) is 0.899. The number of hydrogen-bond acceptors (Lipinski definition) is 4. The smallest absolute Gasteiger partial charge is 0.253 e. The fourth-order valence-electron chi connectivity index (χ4n) is 3.33. The van der Waals surface area contributed by atoms with Crippen LogP contribution in [0.2, 0.25) is 0 Å². The molecule has 2 aromatic rings. The predicted octanol–water partition coefficient (Wildman–Crippen LogP) is 2.51. The van der Waals surface area contributed by atoms with Crippen LogP contribution in [0.25, 0.3) is 0 Å². The number of hydrogen-bond donors (Lipinski definition) is 2. The lowest BCUT2D eigenvalue weighted by Crippen LogP contribution is -2.54. The van der Waals surface area contributed by atoms with Crippen molar-refractivity contribution >= 4 is 11.7 Å². The first-order valence-corrected chi connectivity index (χ1v) is 8.82. The zero-order chi connectivity index (χ0) is 17.8. The number of benzene rings is 1. The van der Waals surface area contributed by atoms with E-state index in [1.807, 2.05) is 37.3 Å². The molecule has 2 heterocycles. The van der Waals surface area contributed by atoms with Crippen molar-refractivity contribution in [3.05, 3.63) is 59.3 Å². The number of nitrogens with zero attached hydrogens (tertiary/aromatic N) is 2. The van der Waals surface area contributed by atoms with Gasteiger partial charge < -0.3 is 15.5 Å². The van der Waals surface area contributed by atoms with Crippen molar-refractivity contribution in [3.8, 4) is 0 Å². The molecule has 2 atom stereocenters. The average molecular weight is 338 g/mol. The number of aryl methyl sites for hydroxylation is 1. The van der Waals surface area contributed by atoms with Gasteiger partial charge in [0.15, 0.2) is 0 Å². The van der Waals surface area contributed by atoms with Gasteiger partial charge in [-0.15, -0.1) is 0 Å². The summed E-state index contributed by atoms with van der Waals surface area (Å²) in [4.78, 5) is 19.1. The van der Waals surface area contributed by atoms with Gasteiger partial charge in [0.25, 0.3) is 5.91 Å². The van der Waals surface area contributed by atoms with E-state index in [0.717, 1.165) is 24.5 Å². The van der Waals surface area contributed by atoms with E-state index in [4.69, 9.17) is 0 Å². The molecule has 0 spiro atoms. The number of nitrogens with one attached hydrogen (secondary N) is 2. The molecule has 5 heteroatoms. The summed E-state index contributed by atoms with van der Waals surface area (Å²) in [5.74, 6) is 0.832. The minimum Gasteiger partial charge on any atom is -0.354 e. The summed E-state index contributed by atoms with van der Waals surface area (Å²) < 4.78 is 0. The van der Waals surface area contributed by atoms with Gasteiger partial charge in [0.2, 0.25) is 0 Å². The highest BCUT2D eigenvalue weighted by atomic mass is 16.1. The molecule has 1 saturated heterocycles. The van der Waals surface area contributed by atoms with Crippen molar-refractivity contribution in [3.63, 3.8) is 0 Å². The first-order chi connectivity index (χ1) is 12.0. The largest absolute Gasteiger partial charge is 0.354 e. The summed E-state index contributed by atoms with van der Waals surface area (Å²) in [5, 5.41) is 6.46. The van der Waals surface area contributed by atoms with Crippen LogP contribution >= 0.6 is 0 Å². The molecule has 1 aliphatic rings. The Balaban J connectivity index is 1.60. The zero-order valence-electron chi connectivity index (χ0n) is 15.1. The van der Waals surface area contributed by atoms with E-state index in [1.54, 1.807) is 6.20 Å². The van der Waals surface area contributed by atoms with Crippen LogP contribution in [0.1, 0.15) is 35.3 Å². The van der Waals surface area contributed by atoms with Crippen molar-refractivity contribution in [1.29, 1.82) is 0 Å². The van der Waals surface area contributed by atoms with Gasteiger partial charge in [0.1, 0.15) is 5.82 Å². The Hall–Kier alpha value is -2.40. The number of carbonyl (C=O) groups is 1. The molecule has 0 aliphatic carbocycles. The van der Waals surface area contributed by atoms with E-state index in [9.17, 15) is 4.79 Å². The van der Waals surface area contributed by atoms with E-state index in [0.29, 0.717) is 24.2 Å². The Bertz CT molecular complexity index is 719. The van der Waals surface area contributed by atoms with Crippen LogP contribution in [0.15, 0.2) is 42.6 Å². The summed E-state index contributed by atoms with van der Waals surface area (Å²) in [7, 11) is 0. The van der Waals surface area contributed by atoms with Gasteiger partial charge in [-0.05, 0) is 38.5 Å². The van der Waals surface area contributed by atoms with Gasteiger partial charge >= 0.3 is 0 Å². The van der Waals surface area contributed by atoms with Crippen molar-refractivity contribution in [2.24, 2.45) is 0 Å². The van der Waals surface area contributed by atoms with E-state index in [-0.39, 0.29) is 5.91 Å². The molecule has 0 saturated carbocycles. The number of anilines is 1. The number of amides is 1. The van der Waals surface area contributed by atoms with Gasteiger partial charge in [0, 0.05) is 37.9 Å². The highest BCUT2D eigenvalue weighted by molar-refractivity contribution is 5.94. The SMILES string of the molecule is Cc1cccc(CNC(=O)c2ccc(N3C[C@@H](C)N[C@@H](C)C3)nc2)c1. The van der Waals surface area contributed by atoms with Crippen LogP contribution in [0, 0.1) is 6.92 Å². The molecule has 2 N–H and O–H groups in total. The molecule has 132 valence electrons. The van der Waals surface area contributed by atoms with Crippen LogP contribution in [-0.4, -0.2) is 36.1 Å². The topological polar surface area (TPSA) is 57.3 Å². The number of rotatable bonds is 4. The maximum absolute atomic E-state index is 12.3. The standard InChI is InChI=1S/C20H26N4O/c1-14-5-4-6-17(9-14)10-22-20(25)18-7-8-19(21-11-18)24-12-15(2)23-16(3)13-24/h4-9,11,15-16,23H,10,12-13H2,1-3H3,(H,22,25)/t15-,16+. The summed E-state index contributed by atoms with van der Waals surface area (Å²) in [6.07, 6.45) is 1.66. The molecule has 1 amide bonds. The van der Waals surface area contributed by atoms with E-state index in [1.165, 1.54) is 5.56 Å². The average Bonchev–Trinajstić information content (AvgIpc) is 2.59. The third-order valence-corrected chi connectivity index (χ3v) is 4.43. The normalized spacial score (nSPS) is 20.4. The van der Waals surface area contributed by atoms with Gasteiger partial charge in [-0.3, -0.25) is 4.79 Å². The summed E-state index contributed by atoms with van der Waals surface area (Å²) in [5.41, 5.74) is 2.88. The van der Waals surface area contributed by atoms with Gasteiger partial charge in [-0.2, -0.15) is 0 Å². The Labute approximate surface area is 149 Å². The maximum atomic E-state index is 12.3. The Morgan fingerprint density at radius 1 is 1.24 bits per heavy atom. The predicted molar refractivity (Wildman–Crippen MR) is 101 cm³/mol. The molecule has 1 aliphatic heterocycles. The fourth-order valence-corrected chi connectivity index (χ4v) is 3.33. The monoisotopic (exact) mass is 338 g/mol. The first-order valence-electron chi connectivity index (χ1n) is 8.82. The first kappa shape index (κ1) is 17.4. The highest BCUT2D eigenvalue weighted by Crippen LogP contribution is 2.15. The summed E-state index contributed by atoms with van der Waals surface area (Å²) >= 11 is 0.